The fraction of sp³-hybridized carbons (Fsp3) is 0.111. The molecule has 3 aromatic heterocycles. The smallest absolute Gasteiger partial charge is 0.236 e. The first-order chi connectivity index (χ1) is 13.6. The van der Waals surface area contributed by atoms with Crippen molar-refractivity contribution in [1.29, 1.82) is 0 Å². The zero-order chi connectivity index (χ0) is 19.5. The van der Waals surface area contributed by atoms with E-state index in [0.29, 0.717) is 21.9 Å². The van der Waals surface area contributed by atoms with Crippen molar-refractivity contribution in [1.82, 2.24) is 19.9 Å². The number of aryl methyl sites for hydroxylation is 1. The van der Waals surface area contributed by atoms with Gasteiger partial charge in [-0.25, -0.2) is 9.66 Å². The molecule has 10 heteroatoms. The van der Waals surface area contributed by atoms with E-state index in [2.05, 4.69) is 20.5 Å². The minimum atomic E-state index is -0.197. The summed E-state index contributed by atoms with van der Waals surface area (Å²) in [6.45, 7) is 2.04. The lowest BCUT2D eigenvalue weighted by Gasteiger charge is -2.02. The van der Waals surface area contributed by atoms with Crippen molar-refractivity contribution in [2.45, 2.75) is 12.1 Å². The van der Waals surface area contributed by atoms with Gasteiger partial charge in [-0.15, -0.1) is 21.5 Å². The Morgan fingerprint density at radius 1 is 1.29 bits per heavy atom. The standard InChI is InChI=1S/C18H16N6O2S2/c1-11-4-6-12(7-5-11)13-9-27-17(20-13)21-15(25)10-28-18-23-22-16(24(18)19)14-3-2-8-26-14/h2-9H,10,19H2,1H3,(H,20,21,25). The molecule has 0 aliphatic rings. The SMILES string of the molecule is Cc1ccc(-c2csc(NC(=O)CSc3nnc(-c4ccco4)n3N)n2)cc1. The summed E-state index contributed by atoms with van der Waals surface area (Å²) >= 11 is 2.57. The summed E-state index contributed by atoms with van der Waals surface area (Å²) in [6, 6.07) is 11.6. The Morgan fingerprint density at radius 2 is 2.11 bits per heavy atom. The molecule has 142 valence electrons. The van der Waals surface area contributed by atoms with Crippen LogP contribution in [-0.4, -0.2) is 31.5 Å². The van der Waals surface area contributed by atoms with E-state index >= 15 is 0 Å². The quantitative estimate of drug-likeness (QED) is 0.369. The molecule has 0 atom stereocenters. The van der Waals surface area contributed by atoms with Crippen LogP contribution in [0.15, 0.2) is 57.6 Å². The zero-order valence-corrected chi connectivity index (χ0v) is 16.5. The number of nitrogens with zero attached hydrogens (tertiary/aromatic N) is 4. The summed E-state index contributed by atoms with van der Waals surface area (Å²) in [7, 11) is 0. The van der Waals surface area contributed by atoms with Crippen LogP contribution in [0, 0.1) is 6.92 Å². The number of anilines is 1. The van der Waals surface area contributed by atoms with E-state index in [0.717, 1.165) is 11.3 Å². The molecule has 0 aliphatic carbocycles. The Bertz CT molecular complexity index is 1090. The molecule has 28 heavy (non-hydrogen) atoms. The van der Waals surface area contributed by atoms with Gasteiger partial charge in [0, 0.05) is 10.9 Å². The lowest BCUT2D eigenvalue weighted by Crippen LogP contribution is -2.16. The van der Waals surface area contributed by atoms with E-state index < -0.39 is 0 Å². The normalized spacial score (nSPS) is 10.9. The van der Waals surface area contributed by atoms with Gasteiger partial charge in [-0.1, -0.05) is 41.6 Å². The van der Waals surface area contributed by atoms with E-state index in [1.165, 1.54) is 39.6 Å². The van der Waals surface area contributed by atoms with Gasteiger partial charge >= 0.3 is 0 Å². The van der Waals surface area contributed by atoms with Crippen molar-refractivity contribution < 1.29 is 9.21 Å². The molecule has 1 amide bonds. The lowest BCUT2D eigenvalue weighted by molar-refractivity contribution is -0.113. The number of furan rings is 1. The van der Waals surface area contributed by atoms with E-state index in [-0.39, 0.29) is 11.7 Å². The summed E-state index contributed by atoms with van der Waals surface area (Å²) in [6.07, 6.45) is 1.53. The highest BCUT2D eigenvalue weighted by Crippen LogP contribution is 2.26. The zero-order valence-electron chi connectivity index (χ0n) is 14.8. The molecule has 4 rings (SSSR count). The second-order valence-corrected chi connectivity index (χ2v) is 7.69. The molecule has 0 bridgehead atoms. The van der Waals surface area contributed by atoms with Gasteiger partial charge in [-0.2, -0.15) is 0 Å². The van der Waals surface area contributed by atoms with Crippen LogP contribution in [0.3, 0.4) is 0 Å². The Hall–Kier alpha value is -3.11. The van der Waals surface area contributed by atoms with Gasteiger partial charge in [0.2, 0.25) is 16.9 Å². The predicted octanol–water partition coefficient (Wildman–Crippen LogP) is 3.41. The molecule has 3 N–H and O–H groups in total. The third kappa shape index (κ3) is 3.92. The Balaban J connectivity index is 1.36. The maximum Gasteiger partial charge on any atom is 0.236 e. The Labute approximate surface area is 168 Å². The third-order valence-corrected chi connectivity index (χ3v) is 5.54. The molecule has 0 spiro atoms. The number of aromatic nitrogens is 4. The third-order valence-electron chi connectivity index (χ3n) is 3.84. The number of rotatable bonds is 6. The summed E-state index contributed by atoms with van der Waals surface area (Å²) in [5.74, 6) is 6.83. The number of hydrogen-bond donors (Lipinski definition) is 2. The monoisotopic (exact) mass is 412 g/mol. The summed E-state index contributed by atoms with van der Waals surface area (Å²) in [5.41, 5.74) is 3.03. The van der Waals surface area contributed by atoms with Crippen LogP contribution in [0.2, 0.25) is 0 Å². The number of nitrogen functional groups attached to an aromatic ring is 1. The number of hydrogen-bond acceptors (Lipinski definition) is 8. The minimum absolute atomic E-state index is 0.132. The average Bonchev–Trinajstić information content (AvgIpc) is 3.42. The first kappa shape index (κ1) is 18.3. The maximum atomic E-state index is 12.2. The fourth-order valence-electron chi connectivity index (χ4n) is 2.42. The molecule has 8 nitrogen and oxygen atoms in total. The number of amides is 1. The molecule has 0 radical (unpaired) electrons. The molecule has 1 aromatic carbocycles. The number of nitrogens with one attached hydrogen (secondary N) is 1. The molecular formula is C18H16N6O2S2. The number of nitrogens with two attached hydrogens (primary N) is 1. The molecule has 0 fully saturated rings. The highest BCUT2D eigenvalue weighted by atomic mass is 32.2. The van der Waals surface area contributed by atoms with E-state index in [1.54, 1.807) is 12.1 Å². The van der Waals surface area contributed by atoms with Crippen molar-refractivity contribution in [3.63, 3.8) is 0 Å². The average molecular weight is 413 g/mol. The minimum Gasteiger partial charge on any atom is -0.461 e. The number of thioether (sulfide) groups is 1. The largest absolute Gasteiger partial charge is 0.461 e. The van der Waals surface area contributed by atoms with Crippen LogP contribution in [-0.2, 0) is 4.79 Å². The number of carbonyl (C=O) groups is 1. The van der Waals surface area contributed by atoms with Gasteiger partial charge in [0.25, 0.3) is 0 Å². The van der Waals surface area contributed by atoms with Crippen LogP contribution in [0.4, 0.5) is 5.13 Å². The first-order valence-corrected chi connectivity index (χ1v) is 10.2. The van der Waals surface area contributed by atoms with Gasteiger partial charge in [-0.3, -0.25) is 4.79 Å². The molecular weight excluding hydrogens is 396 g/mol. The van der Waals surface area contributed by atoms with Crippen LogP contribution < -0.4 is 11.2 Å². The topological polar surface area (TPSA) is 112 Å². The van der Waals surface area contributed by atoms with E-state index in [4.69, 9.17) is 10.3 Å². The molecule has 0 aliphatic heterocycles. The van der Waals surface area contributed by atoms with Crippen LogP contribution in [0.5, 0.6) is 0 Å². The molecule has 4 aromatic rings. The predicted molar refractivity (Wildman–Crippen MR) is 110 cm³/mol. The molecule has 0 saturated carbocycles. The van der Waals surface area contributed by atoms with Crippen LogP contribution >= 0.6 is 23.1 Å². The van der Waals surface area contributed by atoms with Crippen molar-refractivity contribution in [3.05, 3.63) is 53.6 Å². The van der Waals surface area contributed by atoms with Crippen LogP contribution in [0.1, 0.15) is 5.56 Å². The van der Waals surface area contributed by atoms with Crippen molar-refractivity contribution in [2.24, 2.45) is 0 Å². The van der Waals surface area contributed by atoms with E-state index in [1.807, 2.05) is 36.6 Å². The van der Waals surface area contributed by atoms with Crippen molar-refractivity contribution in [2.75, 3.05) is 16.9 Å². The van der Waals surface area contributed by atoms with Gasteiger partial charge in [0.15, 0.2) is 10.9 Å². The molecule has 3 heterocycles. The van der Waals surface area contributed by atoms with Crippen molar-refractivity contribution >= 4 is 34.1 Å². The summed E-state index contributed by atoms with van der Waals surface area (Å²) in [4.78, 5) is 16.7. The fourth-order valence-corrected chi connectivity index (χ4v) is 3.82. The van der Waals surface area contributed by atoms with Crippen molar-refractivity contribution in [3.8, 4) is 22.8 Å². The van der Waals surface area contributed by atoms with Gasteiger partial charge in [-0.05, 0) is 19.1 Å². The first-order valence-electron chi connectivity index (χ1n) is 8.30. The molecule has 0 saturated heterocycles. The number of carbonyl (C=O) groups excluding carboxylic acids is 1. The second kappa shape index (κ2) is 7.87. The molecule has 0 unspecified atom stereocenters. The van der Waals surface area contributed by atoms with Gasteiger partial charge in [0.1, 0.15) is 0 Å². The summed E-state index contributed by atoms with van der Waals surface area (Å²) < 4.78 is 6.57. The van der Waals surface area contributed by atoms with Crippen LogP contribution in [0.25, 0.3) is 22.8 Å². The number of thiazole rings is 1. The highest BCUT2D eigenvalue weighted by Gasteiger charge is 2.16. The lowest BCUT2D eigenvalue weighted by atomic mass is 10.1. The van der Waals surface area contributed by atoms with Gasteiger partial charge < -0.3 is 15.6 Å². The maximum absolute atomic E-state index is 12.2. The Morgan fingerprint density at radius 3 is 2.86 bits per heavy atom. The number of benzene rings is 1. The van der Waals surface area contributed by atoms with Gasteiger partial charge in [0.05, 0.1) is 17.7 Å². The van der Waals surface area contributed by atoms with E-state index in [9.17, 15) is 4.79 Å². The Kier molecular flexibility index (Phi) is 5.13. The second-order valence-electron chi connectivity index (χ2n) is 5.89. The summed E-state index contributed by atoms with van der Waals surface area (Å²) in [5, 5.41) is 13.7. The highest BCUT2D eigenvalue weighted by molar-refractivity contribution is 7.99.